The van der Waals surface area contributed by atoms with Crippen LogP contribution in [0.5, 0.6) is 0 Å². The minimum Gasteiger partial charge on any atom is -0.468 e. The van der Waals surface area contributed by atoms with E-state index in [1.165, 1.54) is 7.11 Å². The molecule has 0 aliphatic rings. The molecule has 0 saturated heterocycles. The van der Waals surface area contributed by atoms with Gasteiger partial charge in [-0.1, -0.05) is 121 Å². The van der Waals surface area contributed by atoms with Crippen LogP contribution in [0.2, 0.25) is 0 Å². The highest BCUT2D eigenvalue weighted by Gasteiger charge is 2.29. The number of carbonyl (C=O) groups excluding carboxylic acids is 6. The number of hydrogen-bond donors (Lipinski definition) is 6. The van der Waals surface area contributed by atoms with E-state index >= 15 is 0 Å². The lowest BCUT2D eigenvalue weighted by Crippen LogP contribution is -2.57. The molecule has 7 N–H and O–H groups in total. The molecule has 0 heterocycles. The molecule has 0 saturated carbocycles. The fraction of sp³-hybridized carbons (Fsp3) is 0.268. The maximum Gasteiger partial charge on any atom is 0.325 e. The lowest BCUT2D eigenvalue weighted by Gasteiger charge is -2.24. The SMILES string of the molecule is COC(=O)CNC(=O)[C@H](Cc1ccccc1)NC(=O)[C@H](Cc1ccccc1)NC(=O)CNC(=O)[C@H](Cc1ccccc1)NC(=O)[C@@H](N)Cc1ccccc1. The van der Waals surface area contributed by atoms with Gasteiger partial charge in [-0.05, 0) is 28.7 Å². The molecule has 0 radical (unpaired) electrons. The first-order valence-electron chi connectivity index (χ1n) is 17.5. The maximum atomic E-state index is 13.8. The summed E-state index contributed by atoms with van der Waals surface area (Å²) in [6, 6.07) is 32.1. The van der Waals surface area contributed by atoms with E-state index in [0.29, 0.717) is 0 Å². The maximum absolute atomic E-state index is 13.8. The Kier molecular flexibility index (Phi) is 15.9. The quantitative estimate of drug-likeness (QED) is 0.0772. The molecular weight excluding hydrogens is 688 g/mol. The largest absolute Gasteiger partial charge is 0.468 e. The minimum absolute atomic E-state index is 0.0696. The Labute approximate surface area is 314 Å². The predicted octanol–water partition coefficient (Wildman–Crippen LogP) is 1.14. The summed E-state index contributed by atoms with van der Waals surface area (Å²) in [4.78, 5) is 78.7. The molecule has 0 fully saturated rings. The summed E-state index contributed by atoms with van der Waals surface area (Å²) in [6.45, 7) is -0.910. The first-order valence-corrected chi connectivity index (χ1v) is 17.5. The second kappa shape index (κ2) is 21.2. The summed E-state index contributed by atoms with van der Waals surface area (Å²) < 4.78 is 4.62. The molecule has 4 rings (SSSR count). The van der Waals surface area contributed by atoms with Crippen LogP contribution in [0.25, 0.3) is 0 Å². The number of rotatable bonds is 19. The third-order valence-electron chi connectivity index (χ3n) is 8.46. The molecular formula is C41H46N6O7. The molecule has 54 heavy (non-hydrogen) atoms. The van der Waals surface area contributed by atoms with Crippen LogP contribution in [-0.4, -0.2) is 79.9 Å². The summed E-state index contributed by atoms with van der Waals surface area (Å²) in [5.41, 5.74) is 9.32. The number of esters is 1. The van der Waals surface area contributed by atoms with Gasteiger partial charge < -0.3 is 37.1 Å². The minimum atomic E-state index is -1.15. The van der Waals surface area contributed by atoms with Crippen LogP contribution in [0.4, 0.5) is 0 Å². The number of hydrogen-bond acceptors (Lipinski definition) is 8. The molecule has 4 aromatic rings. The van der Waals surface area contributed by atoms with Crippen molar-refractivity contribution in [3.05, 3.63) is 144 Å². The number of methoxy groups -OCH3 is 1. The van der Waals surface area contributed by atoms with Crippen LogP contribution in [0.15, 0.2) is 121 Å². The van der Waals surface area contributed by atoms with Gasteiger partial charge in [-0.3, -0.25) is 28.8 Å². The van der Waals surface area contributed by atoms with Crippen LogP contribution in [0.1, 0.15) is 22.3 Å². The van der Waals surface area contributed by atoms with Gasteiger partial charge in [-0.2, -0.15) is 0 Å². The molecule has 13 nitrogen and oxygen atoms in total. The van der Waals surface area contributed by atoms with E-state index in [1.54, 1.807) is 48.5 Å². The van der Waals surface area contributed by atoms with Gasteiger partial charge in [0.2, 0.25) is 29.5 Å². The van der Waals surface area contributed by atoms with Crippen molar-refractivity contribution in [1.82, 2.24) is 26.6 Å². The molecule has 0 spiro atoms. The Bertz CT molecular complexity index is 1830. The van der Waals surface area contributed by atoms with Gasteiger partial charge >= 0.3 is 5.97 Å². The first kappa shape index (κ1) is 40.4. The van der Waals surface area contributed by atoms with E-state index < -0.39 is 72.8 Å². The number of carbonyl (C=O) groups is 6. The smallest absolute Gasteiger partial charge is 0.325 e. The second-order valence-electron chi connectivity index (χ2n) is 12.6. The summed E-state index contributed by atoms with van der Waals surface area (Å²) in [5, 5.41) is 13.2. The normalized spacial score (nSPS) is 12.9. The van der Waals surface area contributed by atoms with E-state index in [9.17, 15) is 28.8 Å². The van der Waals surface area contributed by atoms with Crippen LogP contribution in [0, 0.1) is 0 Å². The van der Waals surface area contributed by atoms with Gasteiger partial charge in [0.05, 0.1) is 19.7 Å². The zero-order chi connectivity index (χ0) is 38.7. The summed E-state index contributed by atoms with van der Waals surface area (Å²) in [6.07, 6.45) is 0.572. The Morgan fingerprint density at radius 3 is 1.24 bits per heavy atom. The molecule has 13 heteroatoms. The Morgan fingerprint density at radius 1 is 0.481 bits per heavy atom. The fourth-order valence-electron chi connectivity index (χ4n) is 5.58. The molecule has 5 amide bonds. The summed E-state index contributed by atoms with van der Waals surface area (Å²) in [7, 11) is 1.19. The standard InChI is InChI=1S/C41H46N6O7/c1-54-37(49)27-44-40(52)34(24-30-18-10-4-11-19-30)47-41(53)35(25-31-20-12-5-13-21-31)45-36(48)26-43-39(51)33(23-29-16-8-3-9-17-29)46-38(50)32(42)22-28-14-6-2-7-15-28/h2-21,32-35H,22-27,42H2,1H3,(H,43,51)(H,44,52)(H,45,48)(H,46,50)(H,47,53)/t32-,33-,34-,35-/m0/s1. The second-order valence-corrected chi connectivity index (χ2v) is 12.6. The highest BCUT2D eigenvalue weighted by Crippen LogP contribution is 2.09. The van der Waals surface area contributed by atoms with E-state index in [0.717, 1.165) is 22.3 Å². The van der Waals surface area contributed by atoms with Crippen LogP contribution in [0.3, 0.4) is 0 Å². The van der Waals surface area contributed by atoms with Crippen molar-refractivity contribution < 1.29 is 33.5 Å². The van der Waals surface area contributed by atoms with E-state index in [-0.39, 0.29) is 25.7 Å². The van der Waals surface area contributed by atoms with Crippen molar-refractivity contribution in [3.63, 3.8) is 0 Å². The van der Waals surface area contributed by atoms with Crippen molar-refractivity contribution in [1.29, 1.82) is 0 Å². The summed E-state index contributed by atoms with van der Waals surface area (Å²) >= 11 is 0. The van der Waals surface area contributed by atoms with Crippen molar-refractivity contribution in [2.45, 2.75) is 49.9 Å². The molecule has 0 aliphatic carbocycles. The van der Waals surface area contributed by atoms with Crippen molar-refractivity contribution >= 4 is 35.5 Å². The van der Waals surface area contributed by atoms with Gasteiger partial charge in [0, 0.05) is 19.3 Å². The van der Waals surface area contributed by atoms with Crippen LogP contribution >= 0.6 is 0 Å². The number of nitrogens with two attached hydrogens (primary N) is 1. The highest BCUT2D eigenvalue weighted by atomic mass is 16.5. The topological polar surface area (TPSA) is 198 Å². The molecule has 282 valence electrons. The molecule has 4 atom stereocenters. The van der Waals surface area contributed by atoms with Crippen molar-refractivity contribution in [3.8, 4) is 0 Å². The van der Waals surface area contributed by atoms with Gasteiger partial charge in [-0.25, -0.2) is 0 Å². The molecule has 0 aliphatic heterocycles. The average molecular weight is 735 g/mol. The first-order chi connectivity index (χ1) is 26.1. The monoisotopic (exact) mass is 734 g/mol. The van der Waals surface area contributed by atoms with Crippen LogP contribution in [-0.2, 0) is 59.2 Å². The fourth-order valence-corrected chi connectivity index (χ4v) is 5.58. The Morgan fingerprint density at radius 2 is 0.833 bits per heavy atom. The van der Waals surface area contributed by atoms with E-state index in [1.807, 2.05) is 72.8 Å². The van der Waals surface area contributed by atoms with Gasteiger partial charge in [0.15, 0.2) is 0 Å². The number of nitrogens with one attached hydrogen (secondary N) is 5. The molecule has 0 bridgehead atoms. The Hall–Kier alpha value is -6.34. The highest BCUT2D eigenvalue weighted by molar-refractivity contribution is 5.95. The lowest BCUT2D eigenvalue weighted by atomic mass is 10.0. The zero-order valence-electron chi connectivity index (χ0n) is 30.0. The number of benzene rings is 4. The van der Waals surface area contributed by atoms with Gasteiger partial charge in [0.1, 0.15) is 24.7 Å². The van der Waals surface area contributed by atoms with Crippen LogP contribution < -0.4 is 32.3 Å². The van der Waals surface area contributed by atoms with E-state index in [4.69, 9.17) is 5.73 Å². The average Bonchev–Trinajstić information content (AvgIpc) is 3.19. The third kappa shape index (κ3) is 13.7. The lowest BCUT2D eigenvalue weighted by molar-refractivity contribution is -0.141. The number of ether oxygens (including phenoxy) is 1. The number of amides is 5. The predicted molar refractivity (Wildman–Crippen MR) is 202 cm³/mol. The molecule has 4 aromatic carbocycles. The molecule has 0 unspecified atom stereocenters. The Balaban J connectivity index is 1.45. The van der Waals surface area contributed by atoms with Crippen molar-refractivity contribution in [2.24, 2.45) is 5.73 Å². The van der Waals surface area contributed by atoms with Crippen molar-refractivity contribution in [2.75, 3.05) is 20.2 Å². The summed E-state index contributed by atoms with van der Waals surface area (Å²) in [5.74, 6) is -3.77. The van der Waals surface area contributed by atoms with E-state index in [2.05, 4.69) is 31.3 Å². The van der Waals surface area contributed by atoms with Gasteiger partial charge in [0.25, 0.3) is 0 Å². The third-order valence-corrected chi connectivity index (χ3v) is 8.46. The van der Waals surface area contributed by atoms with Gasteiger partial charge in [-0.15, -0.1) is 0 Å². The molecule has 0 aromatic heterocycles. The zero-order valence-corrected chi connectivity index (χ0v) is 30.0.